The van der Waals surface area contributed by atoms with E-state index >= 15 is 0 Å². The summed E-state index contributed by atoms with van der Waals surface area (Å²) in [5, 5.41) is 13.9. The van der Waals surface area contributed by atoms with Gasteiger partial charge in [0.2, 0.25) is 5.78 Å². The first-order chi connectivity index (χ1) is 19.9. The Morgan fingerprint density at radius 1 is 0.902 bits per heavy atom. The van der Waals surface area contributed by atoms with Crippen LogP contribution in [0.1, 0.15) is 33.9 Å². The maximum atomic E-state index is 13.9. The minimum absolute atomic E-state index is 0.113. The SMILES string of the molecule is COc1ccc(C2C(=C([O-])c3ccc(OCc4ccccc4C)cc3)C(=O)C(=O)N2Cc2cc[nH+]cc2)cc1OC. The van der Waals surface area contributed by atoms with Gasteiger partial charge in [-0.05, 0) is 59.0 Å². The van der Waals surface area contributed by atoms with E-state index in [2.05, 4.69) is 4.98 Å². The molecule has 1 atom stereocenters. The van der Waals surface area contributed by atoms with Crippen LogP contribution in [0, 0.1) is 6.92 Å². The fraction of sp³-hybridized carbons (Fsp3) is 0.182. The number of hydrogen-bond acceptors (Lipinski definition) is 6. The van der Waals surface area contributed by atoms with Gasteiger partial charge in [-0.1, -0.05) is 48.2 Å². The van der Waals surface area contributed by atoms with Crippen molar-refractivity contribution in [2.24, 2.45) is 0 Å². The van der Waals surface area contributed by atoms with E-state index in [1.807, 2.05) is 43.3 Å². The number of benzene rings is 3. The molecule has 1 unspecified atom stereocenters. The zero-order valence-electron chi connectivity index (χ0n) is 23.0. The Morgan fingerprint density at radius 3 is 2.29 bits per heavy atom. The molecule has 0 saturated carbocycles. The summed E-state index contributed by atoms with van der Waals surface area (Å²) in [6, 6.07) is 22.4. The Hall–Kier alpha value is -5.11. The van der Waals surface area contributed by atoms with E-state index in [1.165, 1.54) is 19.1 Å². The van der Waals surface area contributed by atoms with Gasteiger partial charge in [-0.3, -0.25) is 9.59 Å². The molecule has 8 heteroatoms. The number of Topliss-reactive ketones (excluding diaryl/α,β-unsaturated/α-hetero) is 1. The molecule has 0 bridgehead atoms. The molecular weight excluding hydrogens is 520 g/mol. The van der Waals surface area contributed by atoms with Crippen molar-refractivity contribution in [2.45, 2.75) is 26.1 Å². The van der Waals surface area contributed by atoms with E-state index in [1.54, 1.807) is 54.9 Å². The molecule has 4 aromatic rings. The minimum Gasteiger partial charge on any atom is -0.872 e. The molecule has 1 aliphatic rings. The topological polar surface area (TPSA) is 102 Å². The lowest BCUT2D eigenvalue weighted by Gasteiger charge is -2.28. The van der Waals surface area contributed by atoms with Gasteiger partial charge in [-0.2, -0.15) is 0 Å². The van der Waals surface area contributed by atoms with Crippen molar-refractivity contribution >= 4 is 17.4 Å². The standard InChI is InChI=1S/C33H30N2O6/c1-21-6-4-5-7-25(21)20-41-26-11-8-23(9-12-26)31(36)29-30(24-10-13-27(39-2)28(18-24)40-3)35(33(38)32(29)37)19-22-14-16-34-17-15-22/h4-18,30,36H,19-20H2,1-3H3. The Morgan fingerprint density at radius 2 is 1.61 bits per heavy atom. The number of pyridine rings is 1. The molecule has 8 nitrogen and oxygen atoms in total. The Labute approximate surface area is 238 Å². The van der Waals surface area contributed by atoms with Gasteiger partial charge < -0.3 is 24.2 Å². The van der Waals surface area contributed by atoms with Gasteiger partial charge in [0, 0.05) is 24.3 Å². The van der Waals surface area contributed by atoms with Crippen LogP contribution in [0.15, 0.2) is 96.8 Å². The number of nitrogens with zero attached hydrogens (tertiary/aromatic N) is 1. The van der Waals surface area contributed by atoms with Gasteiger partial charge >= 0.3 is 0 Å². The first-order valence-corrected chi connectivity index (χ1v) is 13.1. The second kappa shape index (κ2) is 12.0. The van der Waals surface area contributed by atoms with Gasteiger partial charge in [0.15, 0.2) is 23.9 Å². The third-order valence-corrected chi connectivity index (χ3v) is 7.17. The number of carbonyl (C=O) groups is 2. The van der Waals surface area contributed by atoms with Crippen LogP contribution >= 0.6 is 0 Å². The maximum absolute atomic E-state index is 13.9. The molecule has 0 spiro atoms. The zero-order chi connectivity index (χ0) is 28.9. The van der Waals surface area contributed by atoms with E-state index in [-0.39, 0.29) is 17.7 Å². The van der Waals surface area contributed by atoms with Gasteiger partial charge in [-0.15, -0.1) is 0 Å². The van der Waals surface area contributed by atoms with Gasteiger partial charge in [0.05, 0.1) is 20.3 Å². The van der Waals surface area contributed by atoms with Gasteiger partial charge in [0.25, 0.3) is 5.91 Å². The molecule has 2 heterocycles. The molecule has 1 amide bonds. The number of nitrogens with one attached hydrogen (secondary N) is 1. The molecule has 1 N–H and O–H groups in total. The first kappa shape index (κ1) is 27.5. The highest BCUT2D eigenvalue weighted by Crippen LogP contribution is 2.42. The summed E-state index contributed by atoms with van der Waals surface area (Å²) in [4.78, 5) is 31.1. The maximum Gasteiger partial charge on any atom is 0.295 e. The van der Waals surface area contributed by atoms with Crippen LogP contribution in [0.5, 0.6) is 17.2 Å². The van der Waals surface area contributed by atoms with Crippen LogP contribution in [-0.2, 0) is 22.7 Å². The molecule has 1 aliphatic heterocycles. The Kier molecular flexibility index (Phi) is 8.01. The van der Waals surface area contributed by atoms with Crippen LogP contribution < -0.4 is 24.3 Å². The number of ketones is 1. The van der Waals surface area contributed by atoms with Crippen LogP contribution in [0.4, 0.5) is 0 Å². The average molecular weight is 551 g/mol. The number of methoxy groups -OCH3 is 2. The van der Waals surface area contributed by atoms with E-state index in [4.69, 9.17) is 14.2 Å². The lowest BCUT2D eigenvalue weighted by molar-refractivity contribution is -0.378. The summed E-state index contributed by atoms with van der Waals surface area (Å²) in [5.41, 5.74) is 3.72. The fourth-order valence-electron chi connectivity index (χ4n) is 4.92. The number of amides is 1. The number of aryl methyl sites for hydroxylation is 1. The third kappa shape index (κ3) is 5.63. The molecule has 1 aromatic heterocycles. The quantitative estimate of drug-likeness (QED) is 0.178. The summed E-state index contributed by atoms with van der Waals surface area (Å²) in [6.45, 7) is 2.55. The number of aromatic amines is 1. The summed E-state index contributed by atoms with van der Waals surface area (Å²) >= 11 is 0. The molecule has 1 fully saturated rings. The second-order valence-electron chi connectivity index (χ2n) is 9.67. The van der Waals surface area contributed by atoms with E-state index in [0.717, 1.165) is 16.7 Å². The molecule has 0 aliphatic carbocycles. The largest absolute Gasteiger partial charge is 0.872 e. The van der Waals surface area contributed by atoms with E-state index < -0.39 is 23.5 Å². The summed E-state index contributed by atoms with van der Waals surface area (Å²) in [5.74, 6) is -0.574. The number of H-pyrrole nitrogens is 1. The van der Waals surface area contributed by atoms with E-state index in [9.17, 15) is 14.7 Å². The smallest absolute Gasteiger partial charge is 0.295 e. The molecule has 0 radical (unpaired) electrons. The van der Waals surface area contributed by atoms with Gasteiger partial charge in [0.1, 0.15) is 12.4 Å². The average Bonchev–Trinajstić information content (AvgIpc) is 3.25. The number of rotatable bonds is 9. The molecule has 3 aromatic carbocycles. The third-order valence-electron chi connectivity index (χ3n) is 7.17. The number of hydrogen-bond donors (Lipinski definition) is 0. The summed E-state index contributed by atoms with van der Waals surface area (Å²) < 4.78 is 16.8. The second-order valence-corrected chi connectivity index (χ2v) is 9.67. The number of aromatic nitrogens is 1. The predicted molar refractivity (Wildman–Crippen MR) is 150 cm³/mol. The van der Waals surface area contributed by atoms with Crippen molar-refractivity contribution in [3.8, 4) is 17.2 Å². The highest BCUT2D eigenvalue weighted by molar-refractivity contribution is 6.46. The Bertz CT molecular complexity index is 1600. The fourth-order valence-corrected chi connectivity index (χ4v) is 4.92. The normalized spacial score (nSPS) is 16.1. The van der Waals surface area contributed by atoms with Crippen LogP contribution in [0.2, 0.25) is 0 Å². The van der Waals surface area contributed by atoms with Crippen LogP contribution in [-0.4, -0.2) is 30.8 Å². The predicted octanol–water partition coefficient (Wildman–Crippen LogP) is 3.83. The molecule has 41 heavy (non-hydrogen) atoms. The minimum atomic E-state index is -0.913. The van der Waals surface area contributed by atoms with Crippen molar-refractivity contribution in [2.75, 3.05) is 14.2 Å². The highest BCUT2D eigenvalue weighted by atomic mass is 16.5. The zero-order valence-corrected chi connectivity index (χ0v) is 23.0. The first-order valence-electron chi connectivity index (χ1n) is 13.1. The molecule has 208 valence electrons. The number of carbonyl (C=O) groups excluding carboxylic acids is 2. The van der Waals surface area contributed by atoms with Crippen LogP contribution in [0.3, 0.4) is 0 Å². The lowest BCUT2D eigenvalue weighted by atomic mass is 9.94. The van der Waals surface area contributed by atoms with Crippen molar-refractivity contribution in [3.05, 3.63) is 125 Å². The summed E-state index contributed by atoms with van der Waals surface area (Å²) in [6.07, 6.45) is 3.48. The summed E-state index contributed by atoms with van der Waals surface area (Å²) in [7, 11) is 3.03. The molecular formula is C33H30N2O6. The van der Waals surface area contributed by atoms with Crippen molar-refractivity contribution in [3.63, 3.8) is 0 Å². The van der Waals surface area contributed by atoms with Crippen molar-refractivity contribution in [1.82, 2.24) is 4.90 Å². The molecule has 5 rings (SSSR count). The van der Waals surface area contributed by atoms with E-state index in [0.29, 0.717) is 29.4 Å². The molecule has 1 saturated heterocycles. The van der Waals surface area contributed by atoms with Crippen LogP contribution in [0.25, 0.3) is 5.76 Å². The van der Waals surface area contributed by atoms with Crippen molar-refractivity contribution in [1.29, 1.82) is 0 Å². The van der Waals surface area contributed by atoms with Gasteiger partial charge in [-0.25, -0.2) is 4.98 Å². The Balaban J connectivity index is 1.51. The lowest BCUT2D eigenvalue weighted by Crippen LogP contribution is -2.29. The monoisotopic (exact) mass is 550 g/mol. The highest BCUT2D eigenvalue weighted by Gasteiger charge is 2.44. The number of likely N-dealkylation sites (tertiary alicyclic amines) is 1. The number of ether oxygens (including phenoxy) is 3. The van der Waals surface area contributed by atoms with Crippen molar-refractivity contribution < 1.29 is 33.9 Å².